The van der Waals surface area contributed by atoms with Crippen molar-refractivity contribution in [3.05, 3.63) is 40.6 Å². The lowest BCUT2D eigenvalue weighted by Gasteiger charge is -2.05. The molecule has 2 N–H and O–H groups in total. The van der Waals surface area contributed by atoms with Crippen molar-refractivity contribution in [3.63, 3.8) is 0 Å². The van der Waals surface area contributed by atoms with Crippen LogP contribution in [0.2, 0.25) is 10.0 Å². The van der Waals surface area contributed by atoms with E-state index in [0.29, 0.717) is 27.1 Å². The maximum absolute atomic E-state index is 6.02. The summed E-state index contributed by atoms with van der Waals surface area (Å²) in [4.78, 5) is 8.06. The zero-order valence-corrected chi connectivity index (χ0v) is 9.13. The molecule has 5 heteroatoms. The Bertz CT molecular complexity index is 500. The van der Waals surface area contributed by atoms with Crippen LogP contribution in [0.4, 0.5) is 5.82 Å². The molecule has 15 heavy (non-hydrogen) atoms. The molecule has 0 spiro atoms. The van der Waals surface area contributed by atoms with Gasteiger partial charge in [-0.05, 0) is 18.2 Å². The van der Waals surface area contributed by atoms with Gasteiger partial charge < -0.3 is 5.73 Å². The predicted octanol–water partition coefficient (Wildman–Crippen LogP) is 3.03. The lowest BCUT2D eigenvalue weighted by molar-refractivity contribution is 1.22. The molecule has 0 saturated carbocycles. The number of hydrogen-bond acceptors (Lipinski definition) is 3. The van der Waals surface area contributed by atoms with E-state index in [2.05, 4.69) is 9.97 Å². The van der Waals surface area contributed by atoms with Crippen molar-refractivity contribution >= 4 is 29.0 Å². The minimum absolute atomic E-state index is 0.335. The number of benzene rings is 1. The molecule has 0 bridgehead atoms. The molecule has 3 nitrogen and oxygen atoms in total. The fraction of sp³-hybridized carbons (Fsp3) is 0. The normalized spacial score (nSPS) is 10.3. The molecule has 0 unspecified atom stereocenters. The van der Waals surface area contributed by atoms with Gasteiger partial charge in [0.25, 0.3) is 0 Å². The molecule has 1 aromatic heterocycles. The van der Waals surface area contributed by atoms with E-state index in [1.807, 2.05) is 0 Å². The highest BCUT2D eigenvalue weighted by molar-refractivity contribution is 6.35. The Morgan fingerprint density at radius 1 is 1.07 bits per heavy atom. The highest BCUT2D eigenvalue weighted by Gasteiger charge is 2.09. The minimum atomic E-state index is 0.335. The molecule has 76 valence electrons. The van der Waals surface area contributed by atoms with Crippen LogP contribution in [-0.2, 0) is 0 Å². The second kappa shape index (κ2) is 4.04. The van der Waals surface area contributed by atoms with Gasteiger partial charge in [0, 0.05) is 23.0 Å². The second-order valence-corrected chi connectivity index (χ2v) is 3.76. The van der Waals surface area contributed by atoms with E-state index >= 15 is 0 Å². The van der Waals surface area contributed by atoms with Gasteiger partial charge in [0.15, 0.2) is 0 Å². The molecule has 1 aromatic carbocycles. The van der Waals surface area contributed by atoms with Crippen molar-refractivity contribution in [1.82, 2.24) is 9.97 Å². The van der Waals surface area contributed by atoms with E-state index in [1.165, 1.54) is 6.20 Å². The maximum Gasteiger partial charge on any atom is 0.150 e. The first-order valence-electron chi connectivity index (χ1n) is 4.20. The van der Waals surface area contributed by atoms with Crippen LogP contribution in [0.25, 0.3) is 11.3 Å². The van der Waals surface area contributed by atoms with Gasteiger partial charge >= 0.3 is 0 Å². The fourth-order valence-electron chi connectivity index (χ4n) is 1.24. The summed E-state index contributed by atoms with van der Waals surface area (Å²) in [5.41, 5.74) is 6.93. The summed E-state index contributed by atoms with van der Waals surface area (Å²) in [5.74, 6) is 0.335. The van der Waals surface area contributed by atoms with Crippen molar-refractivity contribution in [2.75, 3.05) is 5.73 Å². The monoisotopic (exact) mass is 239 g/mol. The summed E-state index contributed by atoms with van der Waals surface area (Å²) >= 11 is 11.9. The molecule has 0 radical (unpaired) electrons. The summed E-state index contributed by atoms with van der Waals surface area (Å²) in [6.07, 6.45) is 3.08. The maximum atomic E-state index is 6.02. The number of aromatic nitrogens is 2. The number of nitrogens with two attached hydrogens (primary N) is 1. The van der Waals surface area contributed by atoms with E-state index in [-0.39, 0.29) is 0 Å². The van der Waals surface area contributed by atoms with Crippen LogP contribution in [0, 0.1) is 0 Å². The molecule has 1 heterocycles. The van der Waals surface area contributed by atoms with E-state index in [4.69, 9.17) is 28.9 Å². The summed E-state index contributed by atoms with van der Waals surface area (Å²) < 4.78 is 0. The quantitative estimate of drug-likeness (QED) is 0.833. The minimum Gasteiger partial charge on any atom is -0.382 e. The Kier molecular flexibility index (Phi) is 2.75. The Balaban J connectivity index is 2.64. The van der Waals surface area contributed by atoms with Gasteiger partial charge in [0.1, 0.15) is 11.5 Å². The number of hydrogen-bond donors (Lipinski definition) is 1. The zero-order valence-electron chi connectivity index (χ0n) is 7.61. The highest BCUT2D eigenvalue weighted by atomic mass is 35.5. The summed E-state index contributed by atoms with van der Waals surface area (Å²) in [6.45, 7) is 0. The van der Waals surface area contributed by atoms with Gasteiger partial charge in [-0.3, -0.25) is 4.98 Å². The van der Waals surface area contributed by atoms with Crippen LogP contribution in [0.1, 0.15) is 0 Å². The largest absolute Gasteiger partial charge is 0.382 e. The van der Waals surface area contributed by atoms with Crippen LogP contribution in [0.3, 0.4) is 0 Å². The smallest absolute Gasteiger partial charge is 0.150 e. The second-order valence-electron chi connectivity index (χ2n) is 2.91. The Morgan fingerprint density at radius 3 is 2.53 bits per heavy atom. The summed E-state index contributed by atoms with van der Waals surface area (Å²) in [6, 6.07) is 5.12. The van der Waals surface area contributed by atoms with Crippen molar-refractivity contribution < 1.29 is 0 Å². The van der Waals surface area contributed by atoms with Gasteiger partial charge in [0.05, 0.1) is 5.02 Å². The van der Waals surface area contributed by atoms with Crippen LogP contribution in [0.5, 0.6) is 0 Å². The van der Waals surface area contributed by atoms with Gasteiger partial charge in [0.2, 0.25) is 0 Å². The summed E-state index contributed by atoms with van der Waals surface area (Å²) in [5, 5.41) is 1.13. The third kappa shape index (κ3) is 2.03. The fourth-order valence-corrected chi connectivity index (χ4v) is 1.61. The van der Waals surface area contributed by atoms with Crippen molar-refractivity contribution in [3.8, 4) is 11.3 Å². The first kappa shape index (κ1) is 10.2. The van der Waals surface area contributed by atoms with Crippen molar-refractivity contribution in [1.29, 1.82) is 0 Å². The molecule has 0 saturated heterocycles. The van der Waals surface area contributed by atoms with Gasteiger partial charge in [-0.25, -0.2) is 4.98 Å². The average Bonchev–Trinajstić information content (AvgIpc) is 2.23. The SMILES string of the molecule is Nc1nccnc1-c1cc(Cl)ccc1Cl. The molecule has 0 aliphatic carbocycles. The molecule has 2 aromatic rings. The molecular weight excluding hydrogens is 233 g/mol. The van der Waals surface area contributed by atoms with Gasteiger partial charge in [-0.15, -0.1) is 0 Å². The van der Waals surface area contributed by atoms with E-state index in [1.54, 1.807) is 24.4 Å². The number of anilines is 1. The first-order chi connectivity index (χ1) is 7.18. The van der Waals surface area contributed by atoms with Crippen molar-refractivity contribution in [2.45, 2.75) is 0 Å². The molecule has 0 atom stereocenters. The van der Waals surface area contributed by atoms with E-state index in [9.17, 15) is 0 Å². The predicted molar refractivity (Wildman–Crippen MR) is 61.9 cm³/mol. The highest BCUT2D eigenvalue weighted by Crippen LogP contribution is 2.31. The Morgan fingerprint density at radius 2 is 1.80 bits per heavy atom. The number of nitrogen functional groups attached to an aromatic ring is 1. The first-order valence-corrected chi connectivity index (χ1v) is 4.96. The van der Waals surface area contributed by atoms with Crippen LogP contribution < -0.4 is 5.73 Å². The lowest BCUT2D eigenvalue weighted by atomic mass is 10.1. The Labute approximate surface area is 96.9 Å². The third-order valence-corrected chi connectivity index (χ3v) is 2.47. The van der Waals surface area contributed by atoms with E-state index < -0.39 is 0 Å². The molecule has 0 aliphatic heterocycles. The van der Waals surface area contributed by atoms with Crippen molar-refractivity contribution in [2.24, 2.45) is 0 Å². The average molecular weight is 240 g/mol. The zero-order chi connectivity index (χ0) is 10.8. The number of nitrogens with zero attached hydrogens (tertiary/aromatic N) is 2. The molecule has 0 fully saturated rings. The van der Waals surface area contributed by atoms with E-state index in [0.717, 1.165) is 0 Å². The molecule has 2 rings (SSSR count). The third-order valence-electron chi connectivity index (χ3n) is 1.91. The topological polar surface area (TPSA) is 51.8 Å². The van der Waals surface area contributed by atoms with Gasteiger partial charge in [-0.1, -0.05) is 23.2 Å². The lowest BCUT2D eigenvalue weighted by Crippen LogP contribution is -1.96. The van der Waals surface area contributed by atoms with Gasteiger partial charge in [-0.2, -0.15) is 0 Å². The Hall–Kier alpha value is -1.32. The number of rotatable bonds is 1. The van der Waals surface area contributed by atoms with Crippen LogP contribution >= 0.6 is 23.2 Å². The molecule has 0 amide bonds. The molecular formula is C10H7Cl2N3. The standard InChI is InChI=1S/C10H7Cl2N3/c11-6-1-2-8(12)7(5-6)9-10(13)15-4-3-14-9/h1-5H,(H2,13,15). The van der Waals surface area contributed by atoms with Crippen LogP contribution in [0.15, 0.2) is 30.6 Å². The van der Waals surface area contributed by atoms with Crippen LogP contribution in [-0.4, -0.2) is 9.97 Å². The number of halogens is 2. The molecule has 0 aliphatic rings. The summed E-state index contributed by atoms with van der Waals surface area (Å²) in [7, 11) is 0.